The van der Waals surface area contributed by atoms with E-state index in [4.69, 9.17) is 14.0 Å². The second-order valence-electron chi connectivity index (χ2n) is 7.28. The first kappa shape index (κ1) is 19.1. The SMILES string of the molecule is COc1ccc(-c2cc(CN(C(=O)c3ccc(C)cc3)C3CC3)no2)c(OC)c1. The summed E-state index contributed by atoms with van der Waals surface area (Å²) in [4.78, 5) is 14.9. The van der Waals surface area contributed by atoms with Crippen molar-refractivity contribution in [2.75, 3.05) is 14.2 Å². The van der Waals surface area contributed by atoms with Gasteiger partial charge in [-0.1, -0.05) is 22.9 Å². The van der Waals surface area contributed by atoms with Crippen LogP contribution in [0.2, 0.25) is 0 Å². The second kappa shape index (κ2) is 7.99. The van der Waals surface area contributed by atoms with Gasteiger partial charge in [-0.15, -0.1) is 0 Å². The van der Waals surface area contributed by atoms with Crippen molar-refractivity contribution in [1.29, 1.82) is 0 Å². The molecule has 2 aromatic carbocycles. The second-order valence-corrected chi connectivity index (χ2v) is 7.28. The van der Waals surface area contributed by atoms with Crippen LogP contribution in [0.5, 0.6) is 11.5 Å². The molecule has 0 aliphatic heterocycles. The van der Waals surface area contributed by atoms with Gasteiger partial charge in [-0.2, -0.15) is 0 Å². The van der Waals surface area contributed by atoms with Crippen molar-refractivity contribution in [1.82, 2.24) is 10.1 Å². The number of nitrogens with zero attached hydrogens (tertiary/aromatic N) is 2. The zero-order chi connectivity index (χ0) is 20.4. The van der Waals surface area contributed by atoms with Gasteiger partial charge < -0.3 is 18.9 Å². The van der Waals surface area contributed by atoms with Crippen LogP contribution in [0.3, 0.4) is 0 Å². The molecule has 6 heteroatoms. The number of hydrogen-bond donors (Lipinski definition) is 0. The average molecular weight is 392 g/mol. The smallest absolute Gasteiger partial charge is 0.254 e. The highest BCUT2D eigenvalue weighted by Crippen LogP contribution is 2.35. The van der Waals surface area contributed by atoms with E-state index < -0.39 is 0 Å². The molecule has 1 aliphatic carbocycles. The fourth-order valence-electron chi connectivity index (χ4n) is 3.30. The predicted molar refractivity (Wildman–Crippen MR) is 109 cm³/mol. The molecule has 0 radical (unpaired) electrons. The molecule has 1 aromatic heterocycles. The summed E-state index contributed by atoms with van der Waals surface area (Å²) in [7, 11) is 3.21. The molecule has 0 saturated heterocycles. The Morgan fingerprint density at radius 2 is 1.86 bits per heavy atom. The molecule has 0 spiro atoms. The fraction of sp³-hybridized carbons (Fsp3) is 0.304. The maximum absolute atomic E-state index is 13.0. The highest BCUT2D eigenvalue weighted by molar-refractivity contribution is 5.94. The molecule has 0 unspecified atom stereocenters. The third kappa shape index (κ3) is 4.11. The topological polar surface area (TPSA) is 64.8 Å². The Balaban J connectivity index is 1.56. The maximum atomic E-state index is 13.0. The number of methoxy groups -OCH3 is 2. The van der Waals surface area contributed by atoms with Crippen LogP contribution < -0.4 is 9.47 Å². The van der Waals surface area contributed by atoms with E-state index in [1.807, 2.05) is 54.3 Å². The highest BCUT2D eigenvalue weighted by Gasteiger charge is 2.33. The summed E-state index contributed by atoms with van der Waals surface area (Å²) in [6.45, 7) is 2.43. The van der Waals surface area contributed by atoms with Crippen molar-refractivity contribution >= 4 is 5.91 Å². The fourth-order valence-corrected chi connectivity index (χ4v) is 3.30. The minimum atomic E-state index is 0.0269. The number of amides is 1. The third-order valence-electron chi connectivity index (χ3n) is 5.11. The highest BCUT2D eigenvalue weighted by atomic mass is 16.5. The van der Waals surface area contributed by atoms with Gasteiger partial charge >= 0.3 is 0 Å². The largest absolute Gasteiger partial charge is 0.497 e. The van der Waals surface area contributed by atoms with E-state index in [-0.39, 0.29) is 11.9 Å². The number of aryl methyl sites for hydroxylation is 1. The molecule has 29 heavy (non-hydrogen) atoms. The number of rotatable bonds is 7. The van der Waals surface area contributed by atoms with Crippen molar-refractivity contribution < 1.29 is 18.8 Å². The maximum Gasteiger partial charge on any atom is 0.254 e. The van der Waals surface area contributed by atoms with Crippen LogP contribution in [0.4, 0.5) is 0 Å². The lowest BCUT2D eigenvalue weighted by Crippen LogP contribution is -2.32. The molecule has 4 rings (SSSR count). The van der Waals surface area contributed by atoms with Crippen LogP contribution in [0.25, 0.3) is 11.3 Å². The van der Waals surface area contributed by atoms with Crippen LogP contribution in [0.15, 0.2) is 53.1 Å². The van der Waals surface area contributed by atoms with Crippen LogP contribution in [0, 0.1) is 6.92 Å². The number of aromatic nitrogens is 1. The molecule has 0 N–H and O–H groups in total. The third-order valence-corrected chi connectivity index (χ3v) is 5.11. The van der Waals surface area contributed by atoms with E-state index in [0.29, 0.717) is 35.1 Å². The van der Waals surface area contributed by atoms with Gasteiger partial charge in [0, 0.05) is 23.7 Å². The molecule has 0 atom stereocenters. The number of carbonyl (C=O) groups is 1. The van der Waals surface area contributed by atoms with E-state index in [0.717, 1.165) is 24.0 Å². The van der Waals surface area contributed by atoms with Crippen molar-refractivity contribution in [2.45, 2.75) is 32.4 Å². The zero-order valence-corrected chi connectivity index (χ0v) is 16.8. The van der Waals surface area contributed by atoms with Gasteiger partial charge in [0.05, 0.1) is 26.3 Å². The van der Waals surface area contributed by atoms with Gasteiger partial charge in [-0.3, -0.25) is 4.79 Å². The quantitative estimate of drug-likeness (QED) is 0.593. The van der Waals surface area contributed by atoms with E-state index in [1.54, 1.807) is 20.3 Å². The average Bonchev–Trinajstić information content (AvgIpc) is 3.49. The Hall–Kier alpha value is -3.28. The normalized spacial score (nSPS) is 13.2. The molecule has 1 fully saturated rings. The van der Waals surface area contributed by atoms with Gasteiger partial charge in [-0.05, 0) is 44.0 Å². The van der Waals surface area contributed by atoms with E-state index in [1.165, 1.54) is 0 Å². The Morgan fingerprint density at radius 3 is 2.52 bits per heavy atom. The summed E-state index contributed by atoms with van der Waals surface area (Å²) in [6, 6.07) is 15.3. The molecule has 1 aliphatic rings. The summed E-state index contributed by atoms with van der Waals surface area (Å²) < 4.78 is 16.3. The molecule has 150 valence electrons. The number of hydrogen-bond acceptors (Lipinski definition) is 5. The molecular weight excluding hydrogens is 368 g/mol. The van der Waals surface area contributed by atoms with Gasteiger partial charge in [0.1, 0.15) is 17.2 Å². The monoisotopic (exact) mass is 392 g/mol. The minimum Gasteiger partial charge on any atom is -0.497 e. The first-order valence-electron chi connectivity index (χ1n) is 9.64. The van der Waals surface area contributed by atoms with Crippen LogP contribution in [0.1, 0.15) is 34.5 Å². The summed E-state index contributed by atoms with van der Waals surface area (Å²) >= 11 is 0. The van der Waals surface area contributed by atoms with Crippen molar-refractivity contribution in [2.24, 2.45) is 0 Å². The number of carbonyl (C=O) groups excluding carboxylic acids is 1. The van der Waals surface area contributed by atoms with E-state index >= 15 is 0 Å². The number of ether oxygens (including phenoxy) is 2. The van der Waals surface area contributed by atoms with Gasteiger partial charge in [0.2, 0.25) is 0 Å². The first-order chi connectivity index (χ1) is 14.1. The predicted octanol–water partition coefficient (Wildman–Crippen LogP) is 4.47. The number of benzene rings is 2. The van der Waals surface area contributed by atoms with Crippen LogP contribution >= 0.6 is 0 Å². The zero-order valence-electron chi connectivity index (χ0n) is 16.8. The molecule has 3 aromatic rings. The van der Waals surface area contributed by atoms with Crippen molar-refractivity contribution in [3.63, 3.8) is 0 Å². The molecular formula is C23H24N2O4. The molecule has 0 bridgehead atoms. The molecule has 1 amide bonds. The summed E-state index contributed by atoms with van der Waals surface area (Å²) in [6.07, 6.45) is 2.04. The molecule has 6 nitrogen and oxygen atoms in total. The summed E-state index contributed by atoms with van der Waals surface area (Å²) in [5.74, 6) is 1.97. The molecule has 1 saturated carbocycles. The lowest BCUT2D eigenvalue weighted by atomic mass is 10.1. The Labute approximate surface area is 170 Å². The minimum absolute atomic E-state index is 0.0269. The lowest BCUT2D eigenvalue weighted by Gasteiger charge is -2.21. The van der Waals surface area contributed by atoms with Crippen molar-refractivity contribution in [3.05, 3.63) is 65.4 Å². The Morgan fingerprint density at radius 1 is 1.10 bits per heavy atom. The molecule has 1 heterocycles. The van der Waals surface area contributed by atoms with Gasteiger partial charge in [-0.25, -0.2) is 0 Å². The standard InChI is InChI=1S/C23H24N2O4/c1-15-4-6-16(7-5-15)23(26)25(18-8-9-18)14-17-12-22(29-24-17)20-11-10-19(27-2)13-21(20)28-3/h4-7,10-13,18H,8-9,14H2,1-3H3. The Bertz CT molecular complexity index is 1010. The Kier molecular flexibility index (Phi) is 5.25. The van der Waals surface area contributed by atoms with Crippen molar-refractivity contribution in [3.8, 4) is 22.8 Å². The van der Waals surface area contributed by atoms with E-state index in [2.05, 4.69) is 5.16 Å². The van der Waals surface area contributed by atoms with Gasteiger partial charge in [0.25, 0.3) is 5.91 Å². The van der Waals surface area contributed by atoms with Gasteiger partial charge in [0.15, 0.2) is 5.76 Å². The van der Waals surface area contributed by atoms with Crippen LogP contribution in [-0.2, 0) is 6.54 Å². The first-order valence-corrected chi connectivity index (χ1v) is 9.64. The summed E-state index contributed by atoms with van der Waals surface area (Å²) in [5, 5.41) is 4.20. The summed E-state index contributed by atoms with van der Waals surface area (Å²) in [5.41, 5.74) is 3.33. The lowest BCUT2D eigenvalue weighted by molar-refractivity contribution is 0.0726. The van der Waals surface area contributed by atoms with Crippen LogP contribution in [-0.4, -0.2) is 36.2 Å². The van der Waals surface area contributed by atoms with E-state index in [9.17, 15) is 4.79 Å².